The standard InChI is InChI=1S/C25H23ClNOP/c1-28-22-17-18-27-21(19-22)20-29(26,23-11-5-2-6-12-23,24-13-7-3-8-14-24)25-15-9-4-10-16-25/h2-19H,20H2,1H3. The molecule has 0 aliphatic heterocycles. The van der Waals surface area contributed by atoms with Crippen LogP contribution in [0.2, 0.25) is 0 Å². The molecule has 146 valence electrons. The first-order chi connectivity index (χ1) is 14.1. The number of ether oxygens (including phenoxy) is 1. The van der Waals surface area contributed by atoms with E-state index in [-0.39, 0.29) is 0 Å². The molecule has 0 aliphatic rings. The second-order valence-corrected chi connectivity index (χ2v) is 13.5. The van der Waals surface area contributed by atoms with Gasteiger partial charge in [-0.15, -0.1) is 0 Å². The van der Waals surface area contributed by atoms with E-state index in [0.717, 1.165) is 27.4 Å². The van der Waals surface area contributed by atoms with Crippen LogP contribution < -0.4 is 20.7 Å². The number of rotatable bonds is 6. The van der Waals surface area contributed by atoms with Gasteiger partial charge in [0, 0.05) is 0 Å². The molecule has 0 saturated heterocycles. The van der Waals surface area contributed by atoms with E-state index in [9.17, 15) is 0 Å². The van der Waals surface area contributed by atoms with Crippen LogP contribution in [-0.4, -0.2) is 12.1 Å². The Kier molecular flexibility index (Phi) is 5.41. The van der Waals surface area contributed by atoms with E-state index in [4.69, 9.17) is 16.0 Å². The summed E-state index contributed by atoms with van der Waals surface area (Å²) in [5, 5.41) is 3.38. The summed E-state index contributed by atoms with van der Waals surface area (Å²) in [6, 6.07) is 35.2. The monoisotopic (exact) mass is 419 g/mol. The third kappa shape index (κ3) is 3.44. The van der Waals surface area contributed by atoms with Crippen molar-refractivity contribution in [3.63, 3.8) is 0 Å². The Morgan fingerprint density at radius 1 is 0.724 bits per heavy atom. The van der Waals surface area contributed by atoms with Gasteiger partial charge in [-0.3, -0.25) is 0 Å². The van der Waals surface area contributed by atoms with Crippen molar-refractivity contribution in [1.82, 2.24) is 4.98 Å². The Balaban J connectivity index is 2.06. The molecule has 4 heteroatoms. The third-order valence-corrected chi connectivity index (χ3v) is 12.5. The summed E-state index contributed by atoms with van der Waals surface area (Å²) < 4.78 is 5.45. The Hall–Kier alpha value is -2.67. The van der Waals surface area contributed by atoms with Crippen LogP contribution in [0.1, 0.15) is 5.69 Å². The fourth-order valence-corrected chi connectivity index (χ4v) is 9.90. The Morgan fingerprint density at radius 2 is 1.17 bits per heavy atom. The molecular weight excluding hydrogens is 397 g/mol. The number of benzene rings is 3. The quantitative estimate of drug-likeness (QED) is 0.397. The van der Waals surface area contributed by atoms with Crippen LogP contribution in [0.25, 0.3) is 0 Å². The summed E-state index contributed by atoms with van der Waals surface area (Å²) in [5.74, 6) is -2.58. The first-order valence-corrected chi connectivity index (χ1v) is 12.9. The van der Waals surface area contributed by atoms with Gasteiger partial charge in [0.15, 0.2) is 0 Å². The summed E-state index contributed by atoms with van der Waals surface area (Å²) in [5.41, 5.74) is 0.911. The predicted octanol–water partition coefficient (Wildman–Crippen LogP) is 5.27. The predicted molar refractivity (Wildman–Crippen MR) is 125 cm³/mol. The molecular formula is C25H23ClNOP. The molecule has 0 unspecified atom stereocenters. The Bertz CT molecular complexity index is 988. The summed E-state index contributed by atoms with van der Waals surface area (Å²) in [7, 11) is 1.67. The van der Waals surface area contributed by atoms with Crippen molar-refractivity contribution < 1.29 is 4.74 Å². The molecule has 0 atom stereocenters. The van der Waals surface area contributed by atoms with Crippen molar-refractivity contribution >= 4 is 33.1 Å². The van der Waals surface area contributed by atoms with Gasteiger partial charge in [0.25, 0.3) is 0 Å². The normalized spacial score (nSPS) is 12.7. The van der Waals surface area contributed by atoms with Crippen LogP contribution in [0.5, 0.6) is 5.75 Å². The van der Waals surface area contributed by atoms with Crippen LogP contribution in [0.3, 0.4) is 0 Å². The van der Waals surface area contributed by atoms with Crippen LogP contribution in [-0.2, 0) is 6.16 Å². The molecule has 0 fully saturated rings. The van der Waals surface area contributed by atoms with Gasteiger partial charge in [-0.05, 0) is 0 Å². The SMILES string of the molecule is COc1ccnc(CP(Cl)(c2ccccc2)(c2ccccc2)c2ccccc2)c1. The molecule has 29 heavy (non-hydrogen) atoms. The van der Waals surface area contributed by atoms with Crippen molar-refractivity contribution in [1.29, 1.82) is 0 Å². The molecule has 0 spiro atoms. The molecule has 0 aliphatic carbocycles. The van der Waals surface area contributed by atoms with Gasteiger partial charge in [-0.25, -0.2) is 0 Å². The molecule has 0 bridgehead atoms. The second kappa shape index (κ2) is 7.99. The molecule has 0 saturated carbocycles. The summed E-state index contributed by atoms with van der Waals surface area (Å²) in [6.07, 6.45) is 2.38. The number of hydrogen-bond donors (Lipinski definition) is 0. The fraction of sp³-hybridized carbons (Fsp3) is 0.0800. The summed E-state index contributed by atoms with van der Waals surface area (Å²) >= 11 is 8.05. The molecule has 2 nitrogen and oxygen atoms in total. The molecule has 0 radical (unpaired) electrons. The number of halogens is 1. The van der Waals surface area contributed by atoms with Crippen LogP contribution in [0.4, 0.5) is 0 Å². The van der Waals surface area contributed by atoms with Crippen molar-refractivity contribution in [3.05, 3.63) is 115 Å². The number of aromatic nitrogens is 1. The van der Waals surface area contributed by atoms with E-state index < -0.39 is 5.96 Å². The van der Waals surface area contributed by atoms with Gasteiger partial charge >= 0.3 is 177 Å². The number of pyridine rings is 1. The first kappa shape index (κ1) is 19.6. The number of hydrogen-bond acceptors (Lipinski definition) is 2. The molecule has 4 rings (SSSR count). The maximum atomic E-state index is 8.05. The van der Waals surface area contributed by atoms with Gasteiger partial charge in [0.1, 0.15) is 0 Å². The van der Waals surface area contributed by atoms with Crippen LogP contribution in [0, 0.1) is 0 Å². The fourth-order valence-electron chi connectivity index (χ4n) is 3.91. The van der Waals surface area contributed by atoms with E-state index in [1.165, 1.54) is 0 Å². The Morgan fingerprint density at radius 3 is 1.59 bits per heavy atom. The van der Waals surface area contributed by atoms with Gasteiger partial charge in [0.2, 0.25) is 0 Å². The average Bonchev–Trinajstić information content (AvgIpc) is 2.81. The molecule has 0 amide bonds. The van der Waals surface area contributed by atoms with Gasteiger partial charge in [0.05, 0.1) is 0 Å². The van der Waals surface area contributed by atoms with Crippen molar-refractivity contribution in [2.24, 2.45) is 0 Å². The third-order valence-electron chi connectivity index (χ3n) is 5.37. The van der Waals surface area contributed by atoms with Crippen molar-refractivity contribution in [3.8, 4) is 5.75 Å². The topological polar surface area (TPSA) is 22.1 Å². The van der Waals surface area contributed by atoms with E-state index in [1.54, 1.807) is 13.3 Å². The maximum absolute atomic E-state index is 8.05. The molecule has 1 heterocycles. The van der Waals surface area contributed by atoms with Gasteiger partial charge in [-0.2, -0.15) is 0 Å². The van der Waals surface area contributed by atoms with E-state index >= 15 is 0 Å². The van der Waals surface area contributed by atoms with E-state index in [2.05, 4.69) is 77.8 Å². The molecule has 4 aromatic rings. The van der Waals surface area contributed by atoms with Crippen molar-refractivity contribution in [2.45, 2.75) is 6.16 Å². The van der Waals surface area contributed by atoms with E-state index in [0.29, 0.717) is 6.16 Å². The second-order valence-electron chi connectivity index (χ2n) is 7.03. The first-order valence-electron chi connectivity index (χ1n) is 9.54. The zero-order chi connectivity index (χ0) is 20.2. The van der Waals surface area contributed by atoms with Gasteiger partial charge in [-0.1, -0.05) is 0 Å². The minimum atomic E-state index is -3.36. The van der Waals surface area contributed by atoms with Crippen LogP contribution in [0.15, 0.2) is 109 Å². The molecule has 1 aromatic heterocycles. The minimum absolute atomic E-state index is 0.600. The van der Waals surface area contributed by atoms with Crippen LogP contribution >= 0.6 is 17.2 Å². The molecule has 3 aromatic carbocycles. The zero-order valence-corrected chi connectivity index (χ0v) is 17.9. The van der Waals surface area contributed by atoms with E-state index in [1.807, 2.05) is 30.3 Å². The van der Waals surface area contributed by atoms with Gasteiger partial charge < -0.3 is 0 Å². The number of methoxy groups -OCH3 is 1. The Labute approximate surface area is 176 Å². The average molecular weight is 420 g/mol. The number of nitrogens with zero attached hydrogens (tertiary/aromatic N) is 1. The summed E-state index contributed by atoms with van der Waals surface area (Å²) in [6.45, 7) is 0. The molecule has 0 N–H and O–H groups in total. The summed E-state index contributed by atoms with van der Waals surface area (Å²) in [4.78, 5) is 4.66. The zero-order valence-electron chi connectivity index (χ0n) is 16.3. The van der Waals surface area contributed by atoms with Crippen molar-refractivity contribution in [2.75, 3.05) is 7.11 Å².